The molecule has 1 rings (SSSR count). The van der Waals surface area contributed by atoms with Crippen LogP contribution in [0, 0.1) is 0 Å². The van der Waals surface area contributed by atoms with Gasteiger partial charge in [-0.25, -0.2) is 4.79 Å². The molecule has 1 aliphatic rings. The third-order valence-electron chi connectivity index (χ3n) is 2.10. The van der Waals surface area contributed by atoms with Crippen LogP contribution in [0.2, 0.25) is 0 Å². The van der Waals surface area contributed by atoms with E-state index in [1.54, 1.807) is 0 Å². The predicted octanol–water partition coefficient (Wildman–Crippen LogP) is 0.00960. The molecule has 2 N–H and O–H groups in total. The maximum absolute atomic E-state index is 11.2. The molecule has 0 spiro atoms. The smallest absolute Gasteiger partial charge is 0.317 e. The zero-order valence-electron chi connectivity index (χ0n) is 7.76. The van der Waals surface area contributed by atoms with Crippen molar-refractivity contribution in [1.29, 1.82) is 0 Å². The van der Waals surface area contributed by atoms with Gasteiger partial charge in [0.15, 0.2) is 0 Å². The number of nitrogens with one attached hydrogen (secondary N) is 2. The van der Waals surface area contributed by atoms with Crippen molar-refractivity contribution in [1.82, 2.24) is 15.5 Å². The van der Waals surface area contributed by atoms with Gasteiger partial charge in [0.25, 0.3) is 0 Å². The number of urea groups is 1. The molecule has 1 saturated heterocycles. The minimum Gasteiger partial charge on any atom is -0.336 e. The van der Waals surface area contributed by atoms with Gasteiger partial charge in [-0.1, -0.05) is 6.92 Å². The van der Waals surface area contributed by atoms with E-state index < -0.39 is 0 Å². The molecule has 4 nitrogen and oxygen atoms in total. The van der Waals surface area contributed by atoms with Gasteiger partial charge in [-0.2, -0.15) is 0 Å². The molecule has 0 bridgehead atoms. The number of carbonyl (C=O) groups excluding carboxylic acids is 1. The molecule has 1 fully saturated rings. The van der Waals surface area contributed by atoms with Gasteiger partial charge in [0, 0.05) is 25.7 Å². The van der Waals surface area contributed by atoms with Crippen LogP contribution in [0.15, 0.2) is 0 Å². The van der Waals surface area contributed by atoms with Crippen LogP contribution in [0.3, 0.4) is 0 Å². The number of likely N-dealkylation sites (N-methyl/N-ethyl adjacent to an activating group) is 2. The van der Waals surface area contributed by atoms with Crippen molar-refractivity contribution in [3.63, 3.8) is 0 Å². The average molecular weight is 171 g/mol. The first-order valence-corrected chi connectivity index (χ1v) is 4.54. The standard InChI is InChI=1S/C8H17N3O/c1-3-9-7-5-10-8(12)11(4-2)6-7/h7,9H,3-6H2,1-2H3,(H,10,12). The highest BCUT2D eigenvalue weighted by atomic mass is 16.2. The lowest BCUT2D eigenvalue weighted by atomic mass is 10.2. The minimum absolute atomic E-state index is 0.0617. The molecular formula is C8H17N3O. The molecule has 1 unspecified atom stereocenters. The van der Waals surface area contributed by atoms with Crippen LogP contribution in [0.25, 0.3) is 0 Å². The molecule has 0 aromatic rings. The second kappa shape index (κ2) is 4.30. The quantitative estimate of drug-likeness (QED) is 0.628. The molecule has 0 saturated carbocycles. The summed E-state index contributed by atoms with van der Waals surface area (Å²) in [6.07, 6.45) is 0. The van der Waals surface area contributed by atoms with Gasteiger partial charge < -0.3 is 15.5 Å². The molecule has 12 heavy (non-hydrogen) atoms. The summed E-state index contributed by atoms with van der Waals surface area (Å²) in [5.74, 6) is 0. The largest absolute Gasteiger partial charge is 0.336 e. The Morgan fingerprint density at radius 3 is 3.00 bits per heavy atom. The number of carbonyl (C=O) groups is 1. The third kappa shape index (κ3) is 2.11. The van der Waals surface area contributed by atoms with Gasteiger partial charge in [0.05, 0.1) is 0 Å². The average Bonchev–Trinajstić information content (AvgIpc) is 2.09. The highest BCUT2D eigenvalue weighted by Crippen LogP contribution is 1.98. The number of rotatable bonds is 3. The molecule has 0 aliphatic carbocycles. The molecule has 0 aromatic carbocycles. The van der Waals surface area contributed by atoms with Gasteiger partial charge in [-0.05, 0) is 13.5 Å². The Kier molecular flexibility index (Phi) is 3.34. The second-order valence-electron chi connectivity index (χ2n) is 2.98. The van der Waals surface area contributed by atoms with Crippen molar-refractivity contribution in [3.8, 4) is 0 Å². The normalized spacial score (nSPS) is 24.0. The minimum atomic E-state index is 0.0617. The summed E-state index contributed by atoms with van der Waals surface area (Å²) < 4.78 is 0. The van der Waals surface area contributed by atoms with E-state index in [9.17, 15) is 4.79 Å². The van der Waals surface area contributed by atoms with E-state index in [0.29, 0.717) is 6.04 Å². The number of nitrogens with zero attached hydrogens (tertiary/aromatic N) is 1. The molecule has 1 atom stereocenters. The number of hydrogen-bond acceptors (Lipinski definition) is 2. The van der Waals surface area contributed by atoms with Gasteiger partial charge in [0.2, 0.25) is 0 Å². The molecule has 0 radical (unpaired) electrons. The Balaban J connectivity index is 2.38. The maximum atomic E-state index is 11.2. The summed E-state index contributed by atoms with van der Waals surface area (Å²) in [5, 5.41) is 6.16. The molecule has 4 heteroatoms. The summed E-state index contributed by atoms with van der Waals surface area (Å²) in [4.78, 5) is 13.0. The van der Waals surface area contributed by atoms with E-state index in [1.807, 2.05) is 11.8 Å². The summed E-state index contributed by atoms with van der Waals surface area (Å²) >= 11 is 0. The van der Waals surface area contributed by atoms with Crippen molar-refractivity contribution < 1.29 is 4.79 Å². The lowest BCUT2D eigenvalue weighted by Gasteiger charge is -2.32. The van der Waals surface area contributed by atoms with Crippen LogP contribution in [-0.4, -0.2) is 43.2 Å². The van der Waals surface area contributed by atoms with Crippen LogP contribution >= 0.6 is 0 Å². The van der Waals surface area contributed by atoms with Crippen LogP contribution in [0.5, 0.6) is 0 Å². The fourth-order valence-electron chi connectivity index (χ4n) is 1.43. The number of amides is 2. The summed E-state index contributed by atoms with van der Waals surface area (Å²) in [6.45, 7) is 7.39. The molecule has 70 valence electrons. The van der Waals surface area contributed by atoms with Crippen molar-refractivity contribution in [2.75, 3.05) is 26.2 Å². The molecular weight excluding hydrogens is 154 g/mol. The van der Waals surface area contributed by atoms with Crippen LogP contribution in [0.1, 0.15) is 13.8 Å². The summed E-state index contributed by atoms with van der Waals surface area (Å²) in [7, 11) is 0. The van der Waals surface area contributed by atoms with E-state index in [-0.39, 0.29) is 6.03 Å². The topological polar surface area (TPSA) is 44.4 Å². The zero-order valence-corrected chi connectivity index (χ0v) is 7.76. The van der Waals surface area contributed by atoms with Crippen molar-refractivity contribution in [2.45, 2.75) is 19.9 Å². The number of hydrogen-bond donors (Lipinski definition) is 2. The molecule has 1 heterocycles. The Morgan fingerprint density at radius 1 is 1.67 bits per heavy atom. The summed E-state index contributed by atoms with van der Waals surface area (Å²) in [5.41, 5.74) is 0. The van der Waals surface area contributed by atoms with E-state index in [1.165, 1.54) is 0 Å². The molecule has 1 aliphatic heterocycles. The Labute approximate surface area is 73.3 Å². The third-order valence-corrected chi connectivity index (χ3v) is 2.10. The van der Waals surface area contributed by atoms with Gasteiger partial charge in [-0.3, -0.25) is 0 Å². The van der Waals surface area contributed by atoms with Crippen LogP contribution in [-0.2, 0) is 0 Å². The van der Waals surface area contributed by atoms with Crippen molar-refractivity contribution >= 4 is 6.03 Å². The fourth-order valence-corrected chi connectivity index (χ4v) is 1.43. The maximum Gasteiger partial charge on any atom is 0.317 e. The Bertz CT molecular complexity index is 160. The van der Waals surface area contributed by atoms with Crippen LogP contribution < -0.4 is 10.6 Å². The highest BCUT2D eigenvalue weighted by molar-refractivity contribution is 5.75. The highest BCUT2D eigenvalue weighted by Gasteiger charge is 2.22. The SMILES string of the molecule is CCNC1CNC(=O)N(CC)C1. The van der Waals surface area contributed by atoms with Crippen LogP contribution in [0.4, 0.5) is 4.79 Å². The van der Waals surface area contributed by atoms with E-state index in [2.05, 4.69) is 17.6 Å². The first-order chi connectivity index (χ1) is 5.77. The van der Waals surface area contributed by atoms with E-state index in [0.717, 1.165) is 26.2 Å². The first-order valence-electron chi connectivity index (χ1n) is 4.54. The van der Waals surface area contributed by atoms with Gasteiger partial charge in [0.1, 0.15) is 0 Å². The molecule has 0 aromatic heterocycles. The monoisotopic (exact) mass is 171 g/mol. The first kappa shape index (κ1) is 9.32. The predicted molar refractivity (Wildman–Crippen MR) is 48.1 cm³/mol. The van der Waals surface area contributed by atoms with Crippen molar-refractivity contribution in [3.05, 3.63) is 0 Å². The fraction of sp³-hybridized carbons (Fsp3) is 0.875. The zero-order chi connectivity index (χ0) is 8.97. The lowest BCUT2D eigenvalue weighted by Crippen LogP contribution is -2.57. The van der Waals surface area contributed by atoms with E-state index >= 15 is 0 Å². The summed E-state index contributed by atoms with van der Waals surface area (Å²) in [6, 6.07) is 0.472. The lowest BCUT2D eigenvalue weighted by molar-refractivity contribution is 0.177. The molecule has 2 amide bonds. The Morgan fingerprint density at radius 2 is 2.42 bits per heavy atom. The van der Waals surface area contributed by atoms with E-state index in [4.69, 9.17) is 0 Å². The van der Waals surface area contributed by atoms with Crippen molar-refractivity contribution in [2.24, 2.45) is 0 Å². The second-order valence-corrected chi connectivity index (χ2v) is 2.98. The van der Waals surface area contributed by atoms with Gasteiger partial charge in [-0.15, -0.1) is 0 Å². The Hall–Kier alpha value is -0.770. The van der Waals surface area contributed by atoms with Gasteiger partial charge >= 0.3 is 6.03 Å².